The molecule has 3 aliphatic heterocycles. The molecule has 3 aliphatic rings. The number of allylic oxidation sites excluding steroid dienone is 1. The van der Waals surface area contributed by atoms with Gasteiger partial charge in [-0.3, -0.25) is 29.4 Å². The summed E-state index contributed by atoms with van der Waals surface area (Å²) in [7, 11) is 1.65. The van der Waals surface area contributed by atoms with Crippen molar-refractivity contribution in [2.45, 2.75) is 42.9 Å². The molecule has 13 nitrogen and oxygen atoms in total. The van der Waals surface area contributed by atoms with Crippen molar-refractivity contribution in [2.24, 2.45) is 0 Å². The minimum Gasteiger partial charge on any atom is -0.456 e. The number of hydrogen-bond donors (Lipinski definition) is 0. The standard InChI is InChI=1S/C23H20BrN5O8S/c1-12-19(20(32)36-11-14-4-6-15(7-5-14)29(34)35)28-21(33)22(24,37-13(2)30)23(28,38-12)16-8-27-10-18(31)26(3)9-17(27)25-16/h4-8H,9-11H2,1-3H3. The number of carbonyl (C=O) groups excluding carboxylic acids is 4. The molecule has 2 amide bonds. The van der Waals surface area contributed by atoms with Crippen LogP contribution in [0.4, 0.5) is 5.69 Å². The van der Waals surface area contributed by atoms with Crippen LogP contribution in [-0.2, 0) is 53.2 Å². The third-order valence-electron chi connectivity index (χ3n) is 6.40. The van der Waals surface area contributed by atoms with E-state index in [-0.39, 0.29) is 37.0 Å². The number of benzene rings is 1. The van der Waals surface area contributed by atoms with Crippen molar-refractivity contribution in [2.75, 3.05) is 7.05 Å². The first-order valence-electron chi connectivity index (χ1n) is 11.2. The van der Waals surface area contributed by atoms with Gasteiger partial charge >= 0.3 is 11.9 Å². The second-order valence-corrected chi connectivity index (χ2v) is 11.4. The maximum Gasteiger partial charge on any atom is 0.356 e. The number of imidazole rings is 1. The SMILES string of the molecule is CC(=O)OC1(Br)C(=O)N2C(C(=O)OCc3ccc([N+](=O)[O-])cc3)=C(C)SC21c1cn2c(n1)CN(C)C(=O)C2. The summed E-state index contributed by atoms with van der Waals surface area (Å²) in [5, 5.41) is 10.9. The second-order valence-electron chi connectivity index (χ2n) is 8.90. The van der Waals surface area contributed by atoms with E-state index in [2.05, 4.69) is 20.9 Å². The lowest BCUT2D eigenvalue weighted by molar-refractivity contribution is -0.384. The summed E-state index contributed by atoms with van der Waals surface area (Å²) in [5.41, 5.74) is 0.690. The van der Waals surface area contributed by atoms with Crippen molar-refractivity contribution in [3.05, 3.63) is 68.3 Å². The van der Waals surface area contributed by atoms with Gasteiger partial charge in [0.1, 0.15) is 30.4 Å². The van der Waals surface area contributed by atoms with Crippen LogP contribution in [0.3, 0.4) is 0 Å². The number of aromatic nitrogens is 2. The summed E-state index contributed by atoms with van der Waals surface area (Å²) < 4.78 is 10.7. The molecular formula is C23H20BrN5O8S. The Morgan fingerprint density at radius 3 is 2.55 bits per heavy atom. The van der Waals surface area contributed by atoms with Crippen LogP contribution in [0.1, 0.15) is 30.9 Å². The molecule has 4 heterocycles. The fraction of sp³-hybridized carbons (Fsp3) is 0.348. The molecule has 198 valence electrons. The molecule has 0 radical (unpaired) electrons. The van der Waals surface area contributed by atoms with Crippen LogP contribution in [0.5, 0.6) is 0 Å². The van der Waals surface area contributed by atoms with Gasteiger partial charge in [0, 0.05) is 37.2 Å². The van der Waals surface area contributed by atoms with Crippen LogP contribution < -0.4 is 0 Å². The maximum atomic E-state index is 13.4. The van der Waals surface area contributed by atoms with Gasteiger partial charge in [0.05, 0.1) is 11.5 Å². The van der Waals surface area contributed by atoms with Gasteiger partial charge in [-0.15, -0.1) is 0 Å². The predicted octanol–water partition coefficient (Wildman–Crippen LogP) is 2.13. The molecule has 1 aromatic carbocycles. The van der Waals surface area contributed by atoms with Gasteiger partial charge in [0.25, 0.3) is 16.1 Å². The highest BCUT2D eigenvalue weighted by atomic mass is 79.9. The number of hydrogen-bond acceptors (Lipinski definition) is 10. The number of β-lactam (4-membered cyclic amide) rings is 1. The number of carbonyl (C=O) groups is 4. The van der Waals surface area contributed by atoms with Crippen molar-refractivity contribution in [1.82, 2.24) is 19.4 Å². The molecule has 1 saturated heterocycles. The van der Waals surface area contributed by atoms with E-state index >= 15 is 0 Å². The summed E-state index contributed by atoms with van der Waals surface area (Å²) in [5.74, 6) is -1.77. The van der Waals surface area contributed by atoms with Gasteiger partial charge in [-0.2, -0.15) is 0 Å². The number of halogens is 1. The van der Waals surface area contributed by atoms with E-state index in [4.69, 9.17) is 9.47 Å². The number of nitro groups is 1. The lowest BCUT2D eigenvalue weighted by Gasteiger charge is -2.55. The zero-order chi connectivity index (χ0) is 27.6. The molecule has 0 bridgehead atoms. The molecule has 0 aliphatic carbocycles. The molecule has 0 N–H and O–H groups in total. The predicted molar refractivity (Wildman–Crippen MR) is 134 cm³/mol. The van der Waals surface area contributed by atoms with E-state index in [0.29, 0.717) is 22.0 Å². The van der Waals surface area contributed by atoms with E-state index in [1.165, 1.54) is 34.1 Å². The number of ether oxygens (including phenoxy) is 2. The zero-order valence-corrected chi connectivity index (χ0v) is 22.7. The number of likely N-dealkylation sites (N-methyl/N-ethyl adjacent to an activating group) is 1. The number of rotatable bonds is 6. The Morgan fingerprint density at radius 2 is 1.92 bits per heavy atom. The van der Waals surface area contributed by atoms with Crippen LogP contribution >= 0.6 is 27.7 Å². The van der Waals surface area contributed by atoms with Crippen molar-refractivity contribution in [3.63, 3.8) is 0 Å². The lowest BCUT2D eigenvalue weighted by atomic mass is 9.92. The Labute approximate surface area is 228 Å². The highest BCUT2D eigenvalue weighted by Crippen LogP contribution is 2.68. The molecule has 2 aromatic rings. The molecule has 38 heavy (non-hydrogen) atoms. The number of amides is 2. The molecule has 0 spiro atoms. The van der Waals surface area contributed by atoms with Crippen LogP contribution in [0.2, 0.25) is 0 Å². The van der Waals surface area contributed by atoms with E-state index in [1.54, 1.807) is 24.7 Å². The smallest absolute Gasteiger partial charge is 0.356 e. The van der Waals surface area contributed by atoms with Crippen LogP contribution in [0.25, 0.3) is 0 Å². The molecule has 2 atom stereocenters. The molecular weight excluding hydrogens is 586 g/mol. The second kappa shape index (κ2) is 8.94. The average Bonchev–Trinajstić information content (AvgIpc) is 3.39. The number of alkyl halides is 1. The quantitative estimate of drug-likeness (QED) is 0.157. The van der Waals surface area contributed by atoms with Gasteiger partial charge in [-0.1, -0.05) is 11.8 Å². The van der Waals surface area contributed by atoms with Gasteiger partial charge in [-0.25, -0.2) is 9.78 Å². The van der Waals surface area contributed by atoms with Crippen molar-refractivity contribution >= 4 is 57.1 Å². The minimum atomic E-state index is -1.86. The van der Waals surface area contributed by atoms with Crippen LogP contribution in [0, 0.1) is 10.1 Å². The number of nitrogens with zero attached hydrogens (tertiary/aromatic N) is 5. The summed E-state index contributed by atoms with van der Waals surface area (Å²) in [4.78, 5) is 67.6. The van der Waals surface area contributed by atoms with Crippen molar-refractivity contribution < 1.29 is 33.6 Å². The van der Waals surface area contributed by atoms with Crippen LogP contribution in [0.15, 0.2) is 41.1 Å². The van der Waals surface area contributed by atoms with E-state index < -0.39 is 32.2 Å². The maximum absolute atomic E-state index is 13.4. The minimum absolute atomic E-state index is 0.0386. The normalized spacial score (nSPS) is 24.1. The summed E-state index contributed by atoms with van der Waals surface area (Å²) in [6.07, 6.45) is 1.62. The molecule has 15 heteroatoms. The number of non-ortho nitro benzene ring substituents is 1. The van der Waals surface area contributed by atoms with Gasteiger partial charge in [-0.05, 0) is 40.5 Å². The first kappa shape index (κ1) is 25.9. The number of thioether (sulfide) groups is 1. The van der Waals surface area contributed by atoms with Gasteiger partial charge in [0.2, 0.25) is 10.8 Å². The third-order valence-corrected chi connectivity index (χ3v) is 9.21. The fourth-order valence-corrected chi connectivity index (χ4v) is 7.05. The monoisotopic (exact) mass is 605 g/mol. The largest absolute Gasteiger partial charge is 0.456 e. The van der Waals surface area contributed by atoms with Crippen molar-refractivity contribution in [1.29, 1.82) is 0 Å². The Hall–Kier alpha value is -3.72. The first-order chi connectivity index (χ1) is 17.9. The Kier molecular flexibility index (Phi) is 6.10. The Balaban J connectivity index is 1.47. The molecule has 1 aromatic heterocycles. The van der Waals surface area contributed by atoms with Gasteiger partial charge in [0.15, 0.2) is 0 Å². The van der Waals surface area contributed by atoms with E-state index in [0.717, 1.165) is 18.7 Å². The van der Waals surface area contributed by atoms with Crippen molar-refractivity contribution in [3.8, 4) is 0 Å². The zero-order valence-electron chi connectivity index (χ0n) is 20.3. The lowest BCUT2D eigenvalue weighted by Crippen LogP contribution is -2.75. The summed E-state index contributed by atoms with van der Waals surface area (Å²) in [6, 6.07) is 5.52. The molecule has 0 saturated carbocycles. The highest BCUT2D eigenvalue weighted by molar-refractivity contribution is 9.10. The molecule has 5 rings (SSSR count). The first-order valence-corrected chi connectivity index (χ1v) is 12.8. The van der Waals surface area contributed by atoms with E-state index in [9.17, 15) is 29.3 Å². The number of fused-ring (bicyclic) bond motifs is 2. The fourth-order valence-electron chi connectivity index (χ4n) is 4.58. The molecule has 1 fully saturated rings. The van der Waals surface area contributed by atoms with Gasteiger partial charge < -0.3 is 18.9 Å². The van der Waals surface area contributed by atoms with Crippen LogP contribution in [-0.4, -0.2) is 59.6 Å². The third kappa shape index (κ3) is 3.71. The van der Waals surface area contributed by atoms with E-state index in [1.807, 2.05) is 0 Å². The number of nitro benzene ring substituents is 1. The number of esters is 2. The summed E-state index contributed by atoms with van der Waals surface area (Å²) in [6.45, 7) is 2.90. The highest BCUT2D eigenvalue weighted by Gasteiger charge is 2.80. The molecule has 2 unspecified atom stereocenters. The average molecular weight is 606 g/mol. The Morgan fingerprint density at radius 1 is 1.24 bits per heavy atom. The Bertz CT molecular complexity index is 1460. The summed E-state index contributed by atoms with van der Waals surface area (Å²) >= 11 is 4.44. The topological polar surface area (TPSA) is 154 Å².